The summed E-state index contributed by atoms with van der Waals surface area (Å²) in [6.45, 7) is 1.29. The molecule has 2 N–H and O–H groups in total. The van der Waals surface area contributed by atoms with E-state index in [4.69, 9.17) is 0 Å². The van der Waals surface area contributed by atoms with Gasteiger partial charge in [0.25, 0.3) is 0 Å². The minimum Gasteiger partial charge on any atom is -0.316 e. The maximum Gasteiger partial charge on any atom is 0.243 e. The van der Waals surface area contributed by atoms with Crippen LogP contribution in [0.25, 0.3) is 0 Å². The van der Waals surface area contributed by atoms with Gasteiger partial charge in [0.2, 0.25) is 10.0 Å². The maximum atomic E-state index is 13.8. The van der Waals surface area contributed by atoms with E-state index >= 15 is 0 Å². The van der Waals surface area contributed by atoms with Gasteiger partial charge in [0.15, 0.2) is 0 Å². The van der Waals surface area contributed by atoms with Crippen LogP contribution >= 0.6 is 0 Å². The molecule has 108 valence electrons. The Hall–Kier alpha value is -1.02. The van der Waals surface area contributed by atoms with Crippen LogP contribution < -0.4 is 10.0 Å². The maximum absolute atomic E-state index is 13.8. The van der Waals surface area contributed by atoms with Gasteiger partial charge in [-0.25, -0.2) is 17.5 Å². The molecule has 19 heavy (non-hydrogen) atoms. The van der Waals surface area contributed by atoms with Crippen molar-refractivity contribution in [2.24, 2.45) is 0 Å². The zero-order valence-electron chi connectivity index (χ0n) is 11.4. The normalized spacial score (nSPS) is 12.1. The van der Waals surface area contributed by atoms with Gasteiger partial charge in [0.05, 0.1) is 0 Å². The van der Waals surface area contributed by atoms with Gasteiger partial charge < -0.3 is 10.2 Å². The lowest BCUT2D eigenvalue weighted by Crippen LogP contribution is -2.31. The molecular formula is C12H20FN3O2S. The van der Waals surface area contributed by atoms with Gasteiger partial charge in [0.1, 0.15) is 10.7 Å². The molecule has 0 fully saturated rings. The lowest BCUT2D eigenvalue weighted by atomic mass is 10.2. The van der Waals surface area contributed by atoms with E-state index in [-0.39, 0.29) is 11.4 Å². The van der Waals surface area contributed by atoms with E-state index in [2.05, 4.69) is 10.0 Å². The highest BCUT2D eigenvalue weighted by Gasteiger charge is 2.18. The average Bonchev–Trinajstić information content (AvgIpc) is 2.28. The molecule has 0 atom stereocenters. The number of halogens is 1. The van der Waals surface area contributed by atoms with Gasteiger partial charge in [0, 0.05) is 19.6 Å². The molecule has 0 saturated heterocycles. The molecule has 0 aromatic heterocycles. The fraction of sp³-hybridized carbons (Fsp3) is 0.500. The predicted octanol–water partition coefficient (Wildman–Crippen LogP) is 0.385. The number of hydrogen-bond donors (Lipinski definition) is 2. The molecule has 0 bridgehead atoms. The summed E-state index contributed by atoms with van der Waals surface area (Å²) < 4.78 is 40.0. The molecule has 0 saturated carbocycles. The second-order valence-corrected chi connectivity index (χ2v) is 6.23. The summed E-state index contributed by atoms with van der Waals surface area (Å²) in [4.78, 5) is 1.53. The first-order valence-electron chi connectivity index (χ1n) is 5.94. The summed E-state index contributed by atoms with van der Waals surface area (Å²) in [7, 11) is 1.62. The molecule has 1 rings (SSSR count). The molecule has 1 aromatic carbocycles. The quantitative estimate of drug-likeness (QED) is 0.762. The Morgan fingerprint density at radius 2 is 2.00 bits per heavy atom. The minimum atomic E-state index is -3.79. The summed E-state index contributed by atoms with van der Waals surface area (Å²) in [6.07, 6.45) is 0. The van der Waals surface area contributed by atoms with Gasteiger partial charge in [-0.1, -0.05) is 6.07 Å². The second-order valence-electron chi connectivity index (χ2n) is 4.50. The first kappa shape index (κ1) is 16.0. The lowest BCUT2D eigenvalue weighted by Gasteiger charge is -2.12. The Morgan fingerprint density at radius 1 is 1.32 bits per heavy atom. The largest absolute Gasteiger partial charge is 0.316 e. The number of rotatable bonds is 7. The van der Waals surface area contributed by atoms with E-state index in [1.165, 1.54) is 12.1 Å². The minimum absolute atomic E-state index is 0.243. The van der Waals surface area contributed by atoms with Gasteiger partial charge in [-0.3, -0.25) is 0 Å². The number of nitrogens with one attached hydrogen (secondary N) is 2. The summed E-state index contributed by atoms with van der Waals surface area (Å²) in [5.74, 6) is -0.731. The van der Waals surface area contributed by atoms with E-state index in [9.17, 15) is 12.8 Å². The standard InChI is InChI=1S/C12H20FN3O2S/c1-14-9-10-4-5-12(11(13)8-10)19(17,18)15-6-7-16(2)3/h4-5,8,14-15H,6-7,9H2,1-3H3. The Morgan fingerprint density at radius 3 is 2.53 bits per heavy atom. The molecular weight excluding hydrogens is 269 g/mol. The average molecular weight is 289 g/mol. The van der Waals surface area contributed by atoms with Crippen LogP contribution in [-0.2, 0) is 16.6 Å². The number of sulfonamides is 1. The van der Waals surface area contributed by atoms with Crippen molar-refractivity contribution in [3.63, 3.8) is 0 Å². The van der Waals surface area contributed by atoms with Crippen molar-refractivity contribution < 1.29 is 12.8 Å². The first-order valence-corrected chi connectivity index (χ1v) is 7.42. The number of benzene rings is 1. The van der Waals surface area contributed by atoms with Crippen molar-refractivity contribution in [1.82, 2.24) is 14.9 Å². The topological polar surface area (TPSA) is 61.4 Å². The summed E-state index contributed by atoms with van der Waals surface area (Å²) >= 11 is 0. The number of nitrogens with zero attached hydrogens (tertiary/aromatic N) is 1. The molecule has 0 spiro atoms. The fourth-order valence-electron chi connectivity index (χ4n) is 1.56. The molecule has 5 nitrogen and oxygen atoms in total. The summed E-state index contributed by atoms with van der Waals surface area (Å²) in [5, 5.41) is 2.88. The third-order valence-electron chi connectivity index (χ3n) is 2.52. The molecule has 0 aliphatic heterocycles. The zero-order valence-corrected chi connectivity index (χ0v) is 12.2. The molecule has 7 heteroatoms. The van der Waals surface area contributed by atoms with Crippen LogP contribution in [0.4, 0.5) is 4.39 Å². The van der Waals surface area contributed by atoms with E-state index in [0.717, 1.165) is 0 Å². The van der Waals surface area contributed by atoms with E-state index < -0.39 is 15.8 Å². The van der Waals surface area contributed by atoms with Crippen LogP contribution in [-0.4, -0.2) is 47.6 Å². The SMILES string of the molecule is CNCc1ccc(S(=O)(=O)NCCN(C)C)c(F)c1. The predicted molar refractivity (Wildman–Crippen MR) is 72.9 cm³/mol. The molecule has 0 aliphatic rings. The van der Waals surface area contributed by atoms with E-state index in [1.807, 2.05) is 19.0 Å². The van der Waals surface area contributed by atoms with Crippen molar-refractivity contribution in [2.75, 3.05) is 34.2 Å². The van der Waals surface area contributed by atoms with Crippen molar-refractivity contribution >= 4 is 10.0 Å². The van der Waals surface area contributed by atoms with Crippen molar-refractivity contribution in [1.29, 1.82) is 0 Å². The zero-order chi connectivity index (χ0) is 14.5. The van der Waals surface area contributed by atoms with Crippen molar-refractivity contribution in [3.8, 4) is 0 Å². The van der Waals surface area contributed by atoms with Crippen molar-refractivity contribution in [2.45, 2.75) is 11.4 Å². The van der Waals surface area contributed by atoms with Gasteiger partial charge in [-0.15, -0.1) is 0 Å². The van der Waals surface area contributed by atoms with Crippen molar-refractivity contribution in [3.05, 3.63) is 29.6 Å². The highest BCUT2D eigenvalue weighted by atomic mass is 32.2. The smallest absolute Gasteiger partial charge is 0.243 e. The fourth-order valence-corrected chi connectivity index (χ4v) is 2.64. The third-order valence-corrected chi connectivity index (χ3v) is 4.01. The number of likely N-dealkylation sites (N-methyl/N-ethyl adjacent to an activating group) is 1. The van der Waals surface area contributed by atoms with E-state index in [1.54, 1.807) is 13.1 Å². The highest BCUT2D eigenvalue weighted by Crippen LogP contribution is 2.15. The van der Waals surface area contributed by atoms with Gasteiger partial charge in [-0.05, 0) is 38.8 Å². The van der Waals surface area contributed by atoms with Crippen LogP contribution in [0.15, 0.2) is 23.1 Å². The Kier molecular flexibility index (Phi) is 5.86. The molecule has 0 unspecified atom stereocenters. The number of hydrogen-bond acceptors (Lipinski definition) is 4. The summed E-state index contributed by atoms with van der Waals surface area (Å²) in [5.41, 5.74) is 0.701. The monoisotopic (exact) mass is 289 g/mol. The molecule has 0 amide bonds. The third kappa shape index (κ3) is 4.87. The molecule has 0 heterocycles. The van der Waals surface area contributed by atoms with Crippen LogP contribution in [0.3, 0.4) is 0 Å². The van der Waals surface area contributed by atoms with Crippen LogP contribution in [0.5, 0.6) is 0 Å². The highest BCUT2D eigenvalue weighted by molar-refractivity contribution is 7.89. The van der Waals surface area contributed by atoms with Gasteiger partial charge in [-0.2, -0.15) is 0 Å². The Labute approximate surface area is 113 Å². The Bertz CT molecular complexity index is 518. The second kappa shape index (κ2) is 6.95. The van der Waals surface area contributed by atoms with Crippen LogP contribution in [0.1, 0.15) is 5.56 Å². The summed E-state index contributed by atoms with van der Waals surface area (Å²) in [6, 6.07) is 4.12. The van der Waals surface area contributed by atoms with Gasteiger partial charge >= 0.3 is 0 Å². The van der Waals surface area contributed by atoms with E-state index in [0.29, 0.717) is 18.7 Å². The molecule has 0 aliphatic carbocycles. The van der Waals surface area contributed by atoms with Crippen LogP contribution in [0, 0.1) is 5.82 Å². The van der Waals surface area contributed by atoms with Crippen LogP contribution in [0.2, 0.25) is 0 Å². The first-order chi connectivity index (χ1) is 8.86. The lowest BCUT2D eigenvalue weighted by molar-refractivity contribution is 0.412. The molecule has 0 radical (unpaired) electrons. The molecule has 1 aromatic rings. The Balaban J connectivity index is 2.83.